The van der Waals surface area contributed by atoms with Gasteiger partial charge >= 0.3 is 6.03 Å². The number of carbonyl (C=O) groups excluding carboxylic acids is 2. The molecule has 0 aliphatic heterocycles. The van der Waals surface area contributed by atoms with Crippen LogP contribution < -0.4 is 20.7 Å². The lowest BCUT2D eigenvalue weighted by Gasteiger charge is -2.18. The average Bonchev–Trinajstić information content (AvgIpc) is 2.69. The lowest BCUT2D eigenvalue weighted by atomic mass is 10.2. The van der Waals surface area contributed by atoms with Crippen LogP contribution >= 0.6 is 23.2 Å². The van der Waals surface area contributed by atoms with Crippen molar-refractivity contribution in [1.29, 1.82) is 0 Å². The van der Waals surface area contributed by atoms with Crippen LogP contribution in [0, 0.1) is 0 Å². The van der Waals surface area contributed by atoms with Crippen LogP contribution in [0.5, 0.6) is 5.75 Å². The van der Waals surface area contributed by atoms with E-state index in [9.17, 15) is 9.59 Å². The van der Waals surface area contributed by atoms with Gasteiger partial charge in [-0.2, -0.15) is 0 Å². The number of urea groups is 1. The number of hydrogen-bond acceptors (Lipinski definition) is 3. The molecule has 154 valence electrons. The highest BCUT2D eigenvalue weighted by Crippen LogP contribution is 2.26. The van der Waals surface area contributed by atoms with E-state index in [0.717, 1.165) is 0 Å². The Labute approximate surface area is 184 Å². The third kappa shape index (κ3) is 6.14. The molecular weight excluding hydrogens is 425 g/mol. The fourth-order valence-electron chi connectivity index (χ4n) is 2.59. The van der Waals surface area contributed by atoms with Crippen LogP contribution in [0.25, 0.3) is 0 Å². The van der Waals surface area contributed by atoms with Crippen LogP contribution in [0.4, 0.5) is 21.9 Å². The van der Waals surface area contributed by atoms with Crippen molar-refractivity contribution in [3.05, 3.63) is 82.8 Å². The molecule has 3 aromatic rings. The van der Waals surface area contributed by atoms with Crippen LogP contribution in [0.3, 0.4) is 0 Å². The Morgan fingerprint density at radius 2 is 1.43 bits per heavy atom. The number of amides is 3. The van der Waals surface area contributed by atoms with E-state index in [4.69, 9.17) is 27.9 Å². The quantitative estimate of drug-likeness (QED) is 0.434. The van der Waals surface area contributed by atoms with E-state index in [2.05, 4.69) is 16.0 Å². The first-order chi connectivity index (χ1) is 14.4. The summed E-state index contributed by atoms with van der Waals surface area (Å²) in [5.74, 6) is -0.0376. The van der Waals surface area contributed by atoms with Gasteiger partial charge in [0.25, 0.3) is 5.91 Å². The molecule has 3 aromatic carbocycles. The maximum atomic E-state index is 12.5. The molecule has 0 saturated heterocycles. The summed E-state index contributed by atoms with van der Waals surface area (Å²) in [6.45, 7) is 1.60. The molecule has 1 unspecified atom stereocenters. The van der Waals surface area contributed by atoms with Crippen molar-refractivity contribution in [3.8, 4) is 5.75 Å². The van der Waals surface area contributed by atoms with Gasteiger partial charge in [-0.05, 0) is 49.4 Å². The fourth-order valence-corrected chi connectivity index (χ4v) is 3.12. The van der Waals surface area contributed by atoms with E-state index in [-0.39, 0.29) is 0 Å². The van der Waals surface area contributed by atoms with Gasteiger partial charge in [-0.1, -0.05) is 53.5 Å². The number of benzene rings is 3. The van der Waals surface area contributed by atoms with Crippen molar-refractivity contribution in [2.75, 3.05) is 16.0 Å². The van der Waals surface area contributed by atoms with Crippen LogP contribution in [0.1, 0.15) is 6.92 Å². The number of rotatable bonds is 6. The van der Waals surface area contributed by atoms with Gasteiger partial charge in [-0.15, -0.1) is 0 Å². The average molecular weight is 444 g/mol. The lowest BCUT2D eigenvalue weighted by Crippen LogP contribution is -2.30. The monoisotopic (exact) mass is 443 g/mol. The zero-order chi connectivity index (χ0) is 21.5. The van der Waals surface area contributed by atoms with Gasteiger partial charge in [0, 0.05) is 21.4 Å². The summed E-state index contributed by atoms with van der Waals surface area (Å²) >= 11 is 11.9. The zero-order valence-electron chi connectivity index (χ0n) is 16.0. The normalized spacial score (nSPS) is 11.3. The van der Waals surface area contributed by atoms with Gasteiger partial charge in [-0.25, -0.2) is 4.79 Å². The molecule has 0 aromatic heterocycles. The molecule has 0 saturated carbocycles. The van der Waals surface area contributed by atoms with Gasteiger partial charge in [0.2, 0.25) is 0 Å². The highest BCUT2D eigenvalue weighted by Gasteiger charge is 2.18. The minimum atomic E-state index is -0.845. The van der Waals surface area contributed by atoms with Crippen molar-refractivity contribution in [1.82, 2.24) is 0 Å². The van der Waals surface area contributed by atoms with Crippen molar-refractivity contribution in [3.63, 3.8) is 0 Å². The standard InChI is InChI=1S/C22H19Cl2N3O3/c1-14(21(28)25-18-12-15(23)11-16(24)13-18)30-20-10-6-5-9-19(20)27-22(29)26-17-7-3-2-4-8-17/h2-14H,1H3,(H,25,28)(H2,26,27,29). The first-order valence-corrected chi connectivity index (χ1v) is 9.82. The second-order valence-corrected chi connectivity index (χ2v) is 7.22. The largest absolute Gasteiger partial charge is 0.479 e. The number of para-hydroxylation sites is 3. The van der Waals surface area contributed by atoms with Gasteiger partial charge in [0.15, 0.2) is 6.10 Å². The molecule has 0 heterocycles. The van der Waals surface area contributed by atoms with Crippen LogP contribution in [-0.4, -0.2) is 18.0 Å². The molecule has 3 N–H and O–H groups in total. The molecule has 0 fully saturated rings. The van der Waals surface area contributed by atoms with E-state index in [1.807, 2.05) is 18.2 Å². The van der Waals surface area contributed by atoms with Crippen molar-refractivity contribution >= 4 is 52.2 Å². The molecule has 30 heavy (non-hydrogen) atoms. The fraction of sp³-hybridized carbons (Fsp3) is 0.0909. The Bertz CT molecular complexity index is 1020. The van der Waals surface area contributed by atoms with Gasteiger partial charge in [-0.3, -0.25) is 4.79 Å². The SMILES string of the molecule is CC(Oc1ccccc1NC(=O)Nc1ccccc1)C(=O)Nc1cc(Cl)cc(Cl)c1. The van der Waals surface area contributed by atoms with Crippen molar-refractivity contribution in [2.24, 2.45) is 0 Å². The van der Waals surface area contributed by atoms with Crippen molar-refractivity contribution in [2.45, 2.75) is 13.0 Å². The molecule has 0 aliphatic carbocycles. The van der Waals surface area contributed by atoms with Gasteiger partial charge in [0.1, 0.15) is 5.75 Å². The Morgan fingerprint density at radius 3 is 2.13 bits per heavy atom. The summed E-state index contributed by atoms with van der Waals surface area (Å²) < 4.78 is 5.77. The first-order valence-electron chi connectivity index (χ1n) is 9.06. The third-order valence-electron chi connectivity index (χ3n) is 3.97. The summed E-state index contributed by atoms with van der Waals surface area (Å²) in [7, 11) is 0. The molecule has 0 aliphatic rings. The van der Waals surface area contributed by atoms with Crippen molar-refractivity contribution < 1.29 is 14.3 Å². The molecular formula is C22H19Cl2N3O3. The summed E-state index contributed by atoms with van der Waals surface area (Å²) in [6, 6.07) is 20.2. The molecule has 6 nitrogen and oxygen atoms in total. The Morgan fingerprint density at radius 1 is 0.800 bits per heavy atom. The Kier molecular flexibility index (Phi) is 7.17. The summed E-state index contributed by atoms with van der Waals surface area (Å²) in [5.41, 5.74) is 1.54. The second kappa shape index (κ2) is 10.0. The minimum Gasteiger partial charge on any atom is -0.479 e. The van der Waals surface area contributed by atoms with Crippen LogP contribution in [-0.2, 0) is 4.79 Å². The molecule has 0 radical (unpaired) electrons. The lowest BCUT2D eigenvalue weighted by molar-refractivity contribution is -0.122. The minimum absolute atomic E-state index is 0.354. The molecule has 1 atom stereocenters. The van der Waals surface area contributed by atoms with Crippen LogP contribution in [0.2, 0.25) is 10.0 Å². The number of hydrogen-bond donors (Lipinski definition) is 3. The van der Waals surface area contributed by atoms with Gasteiger partial charge < -0.3 is 20.7 Å². The number of halogens is 2. The molecule has 0 bridgehead atoms. The molecule has 0 spiro atoms. The maximum absolute atomic E-state index is 12.5. The predicted octanol–water partition coefficient (Wildman–Crippen LogP) is 6.04. The topological polar surface area (TPSA) is 79.5 Å². The summed E-state index contributed by atoms with van der Waals surface area (Å²) in [4.78, 5) is 24.8. The smallest absolute Gasteiger partial charge is 0.323 e. The predicted molar refractivity (Wildman–Crippen MR) is 121 cm³/mol. The third-order valence-corrected chi connectivity index (χ3v) is 4.41. The number of anilines is 3. The molecule has 8 heteroatoms. The maximum Gasteiger partial charge on any atom is 0.323 e. The van der Waals surface area contributed by atoms with Gasteiger partial charge in [0.05, 0.1) is 5.69 Å². The number of nitrogens with one attached hydrogen (secondary N) is 3. The summed E-state index contributed by atoms with van der Waals surface area (Å²) in [5, 5.41) is 8.97. The van der Waals surface area contributed by atoms with E-state index in [1.165, 1.54) is 0 Å². The first kappa shape index (κ1) is 21.5. The highest BCUT2D eigenvalue weighted by atomic mass is 35.5. The number of ether oxygens (including phenoxy) is 1. The van der Waals surface area contributed by atoms with E-state index < -0.39 is 18.0 Å². The Hall–Kier alpha value is -3.22. The second-order valence-electron chi connectivity index (χ2n) is 6.35. The van der Waals surface area contributed by atoms with E-state index in [1.54, 1.807) is 61.5 Å². The zero-order valence-corrected chi connectivity index (χ0v) is 17.5. The van der Waals surface area contributed by atoms with Crippen LogP contribution in [0.15, 0.2) is 72.8 Å². The molecule has 3 rings (SSSR count). The van der Waals surface area contributed by atoms with E-state index >= 15 is 0 Å². The number of carbonyl (C=O) groups is 2. The Balaban J connectivity index is 1.64. The highest BCUT2D eigenvalue weighted by molar-refractivity contribution is 6.35. The summed E-state index contributed by atoms with van der Waals surface area (Å²) in [6.07, 6.45) is -0.845. The van der Waals surface area contributed by atoms with E-state index in [0.29, 0.717) is 32.9 Å². The molecule has 3 amide bonds.